The summed E-state index contributed by atoms with van der Waals surface area (Å²) in [5.41, 5.74) is 1.48. The summed E-state index contributed by atoms with van der Waals surface area (Å²) in [6, 6.07) is 12.9. The van der Waals surface area contributed by atoms with Crippen LogP contribution in [0.4, 0.5) is 5.69 Å². The smallest absolute Gasteiger partial charge is 0.284 e. The summed E-state index contributed by atoms with van der Waals surface area (Å²) in [6.07, 6.45) is -7.66. The molecule has 0 aromatic heterocycles. The van der Waals surface area contributed by atoms with Crippen molar-refractivity contribution in [1.82, 2.24) is 5.32 Å². The van der Waals surface area contributed by atoms with Gasteiger partial charge in [-0.05, 0) is 36.2 Å². The number of phenolic OH excluding ortho intramolecular Hbond substituents is 1. The minimum absolute atomic E-state index is 0.0230. The molecule has 16 heteroatoms. The third-order valence-corrected chi connectivity index (χ3v) is 9.86. The van der Waals surface area contributed by atoms with Gasteiger partial charge in [-0.1, -0.05) is 24.3 Å². The van der Waals surface area contributed by atoms with Crippen LogP contribution in [-0.4, -0.2) is 111 Å². The van der Waals surface area contributed by atoms with Crippen molar-refractivity contribution in [2.24, 2.45) is 9.98 Å². The van der Waals surface area contributed by atoms with Crippen LogP contribution < -0.4 is 15.0 Å². The summed E-state index contributed by atoms with van der Waals surface area (Å²) in [6.45, 7) is -0.468. The van der Waals surface area contributed by atoms with Crippen molar-refractivity contribution in [3.8, 4) is 11.5 Å². The lowest BCUT2D eigenvalue weighted by atomic mass is 9.78. The number of fused-ring (bicyclic) bond motifs is 6. The minimum atomic E-state index is -1.80. The van der Waals surface area contributed by atoms with Gasteiger partial charge < -0.3 is 39.7 Å². The molecule has 4 heterocycles. The predicted octanol–water partition coefficient (Wildman–Crippen LogP) is -1.21. The summed E-state index contributed by atoms with van der Waals surface area (Å²) < 4.78 is 18.0. The lowest BCUT2D eigenvalue weighted by molar-refractivity contribution is -0.723. The topological polar surface area (TPSA) is 245 Å². The molecule has 0 radical (unpaired) electrons. The number of hydrogen-bond donors (Lipinski definition) is 8. The number of aliphatic hydroxyl groups excluding tert-OH is 4. The maximum Gasteiger partial charge on any atom is 0.284 e. The Labute approximate surface area is 288 Å². The molecule has 0 spiro atoms. The monoisotopic (exact) mass is 698 g/mol. The van der Waals surface area contributed by atoms with Crippen LogP contribution in [0.3, 0.4) is 0 Å². The molecular weight excluding hydrogens is 666 g/mol. The van der Waals surface area contributed by atoms with E-state index in [4.69, 9.17) is 19.6 Å². The summed E-state index contributed by atoms with van der Waals surface area (Å²) in [4.78, 5) is 49.9. The Kier molecular flexibility index (Phi) is 8.10. The van der Waals surface area contributed by atoms with Gasteiger partial charge in [0.25, 0.3) is 11.7 Å². The number of amides is 1. The second-order valence-corrected chi connectivity index (χ2v) is 12.8. The largest absolute Gasteiger partial charge is 0.504 e. The minimum Gasteiger partial charge on any atom is -0.504 e. The Bertz CT molecular complexity index is 2100. The molecule has 1 unspecified atom stereocenters. The quantitative estimate of drug-likeness (QED) is 0.126. The molecule has 0 saturated carbocycles. The number of nitrogens with zero attached hydrogens (tertiary/aromatic N) is 2. The van der Waals surface area contributed by atoms with E-state index >= 15 is 0 Å². The van der Waals surface area contributed by atoms with Crippen LogP contribution in [-0.2, 0) is 20.9 Å². The van der Waals surface area contributed by atoms with E-state index in [1.54, 1.807) is 24.3 Å². The van der Waals surface area contributed by atoms with Crippen LogP contribution in [0.15, 0.2) is 58.5 Å². The first-order valence-electron chi connectivity index (χ1n) is 16.2. The zero-order chi connectivity index (χ0) is 35.7. The second kappa shape index (κ2) is 12.5. The first-order valence-corrected chi connectivity index (χ1v) is 16.2. The lowest BCUT2D eigenvalue weighted by Gasteiger charge is -2.40. The highest BCUT2D eigenvalue weighted by Gasteiger charge is 2.47. The number of aromatic hydroxyl groups is 1. The van der Waals surface area contributed by atoms with Gasteiger partial charge in [0.1, 0.15) is 30.1 Å². The van der Waals surface area contributed by atoms with Crippen molar-refractivity contribution in [3.05, 3.63) is 87.5 Å². The van der Waals surface area contributed by atoms with Crippen molar-refractivity contribution in [2.45, 2.75) is 49.7 Å². The number of guanidine groups is 1. The van der Waals surface area contributed by atoms with Gasteiger partial charge >= 0.3 is 0 Å². The molecule has 262 valence electrons. The lowest BCUT2D eigenvalue weighted by Crippen LogP contribution is -3.09. The maximum absolute atomic E-state index is 14.1. The van der Waals surface area contributed by atoms with Crippen LogP contribution in [0.5, 0.6) is 11.5 Å². The molecule has 16 nitrogen and oxygen atoms in total. The third kappa shape index (κ3) is 5.27. The Morgan fingerprint density at radius 1 is 0.941 bits per heavy atom. The van der Waals surface area contributed by atoms with E-state index in [9.17, 15) is 39.9 Å². The number of para-hydroxylation sites is 1. The first-order chi connectivity index (χ1) is 24.6. The predicted molar refractivity (Wildman–Crippen MR) is 175 cm³/mol. The summed E-state index contributed by atoms with van der Waals surface area (Å²) >= 11 is 0. The van der Waals surface area contributed by atoms with E-state index in [0.29, 0.717) is 21.7 Å². The molecule has 3 aromatic rings. The number of hydrogen-bond acceptors (Lipinski definition) is 13. The van der Waals surface area contributed by atoms with E-state index in [-0.39, 0.29) is 84.0 Å². The van der Waals surface area contributed by atoms with Gasteiger partial charge in [0.05, 0.1) is 18.8 Å². The van der Waals surface area contributed by atoms with Crippen LogP contribution in [0.1, 0.15) is 60.9 Å². The van der Waals surface area contributed by atoms with Crippen molar-refractivity contribution >= 4 is 40.7 Å². The number of ether oxygens (including phenoxy) is 3. The Balaban J connectivity index is 1.33. The number of nitrogens with one attached hydrogen (secondary N) is 3. The Morgan fingerprint density at radius 3 is 2.55 bits per heavy atom. The standard InChI is InChI=1S/C35H31N5O11/c36-35-38-32-24(33(48)39-35)37-13-40(32)21-4-2-1-3-16(21)15-7-8-49-12-22-27(44)29(46)30(47)34(50-22)51-31-19(15)10-20-23(28(31)45)26(43)18-9-14(11-41)5-6-17(18)25(20)42/h1-6,9-10,15,22,27,29-30,34,41,44-47H,7-8,11-13H2,(H2,36,39,48)/p+1/t15-,22-,27-,29+,30-,34+/m0/s1. The number of rotatable bonds is 3. The Morgan fingerprint density at radius 2 is 1.75 bits per heavy atom. The summed E-state index contributed by atoms with van der Waals surface area (Å²) in [5.74, 6) is -3.69. The fourth-order valence-electron chi connectivity index (χ4n) is 7.31. The molecule has 1 saturated heterocycles. The van der Waals surface area contributed by atoms with Crippen molar-refractivity contribution in [1.29, 1.82) is 5.41 Å². The molecule has 3 aromatic carbocycles. The van der Waals surface area contributed by atoms with Gasteiger partial charge in [0, 0.05) is 40.3 Å². The number of ketones is 2. The van der Waals surface area contributed by atoms with Gasteiger partial charge in [0.15, 0.2) is 29.7 Å². The molecule has 4 aliphatic heterocycles. The van der Waals surface area contributed by atoms with E-state index < -0.39 is 59.8 Å². The highest BCUT2D eigenvalue weighted by molar-refractivity contribution is 6.68. The van der Waals surface area contributed by atoms with E-state index in [0.717, 1.165) is 0 Å². The van der Waals surface area contributed by atoms with Crippen LogP contribution in [0.2, 0.25) is 0 Å². The summed E-state index contributed by atoms with van der Waals surface area (Å²) in [5, 5.41) is 64.4. The van der Waals surface area contributed by atoms with Gasteiger partial charge in [-0.3, -0.25) is 25.1 Å². The number of phenols is 1. The van der Waals surface area contributed by atoms with Gasteiger partial charge in [0.2, 0.25) is 18.0 Å². The zero-order valence-electron chi connectivity index (χ0n) is 26.7. The highest BCUT2D eigenvalue weighted by atomic mass is 16.7. The van der Waals surface area contributed by atoms with E-state index in [2.05, 4.69) is 15.3 Å². The maximum atomic E-state index is 14.1. The average Bonchev–Trinajstić information content (AvgIpc) is 3.54. The van der Waals surface area contributed by atoms with Crippen LogP contribution in [0.25, 0.3) is 0 Å². The SMILES string of the molecule is N=C1N=C2C(=NC[NH+]2c2ccccc2[C@@H]2CCOC[C@@H]3O[C@H](Oc4c2cc2c(c4O)C(=O)c4cc(CO)ccc4C2=O)[C@@H](O)[C@H](O)[C@H]3O)C(=O)N1. The zero-order valence-corrected chi connectivity index (χ0v) is 26.7. The number of aliphatic imine (C=N–C) groups is 2. The van der Waals surface area contributed by atoms with E-state index in [1.807, 2.05) is 0 Å². The molecular formula is C35H32N5O11+. The van der Waals surface area contributed by atoms with Crippen molar-refractivity contribution < 1.29 is 59.0 Å². The second-order valence-electron chi connectivity index (χ2n) is 12.8. The van der Waals surface area contributed by atoms with Gasteiger partial charge in [-0.15, -0.1) is 0 Å². The molecule has 1 aliphatic carbocycles. The average molecular weight is 699 g/mol. The van der Waals surface area contributed by atoms with Crippen LogP contribution >= 0.6 is 0 Å². The van der Waals surface area contributed by atoms with Crippen molar-refractivity contribution in [2.75, 3.05) is 19.9 Å². The molecule has 51 heavy (non-hydrogen) atoms. The first kappa shape index (κ1) is 33.0. The molecule has 8 N–H and O–H groups in total. The normalized spacial score (nSPS) is 28.6. The number of quaternary nitrogens is 1. The molecule has 1 amide bonds. The number of aliphatic hydroxyl groups is 4. The Hall–Kier alpha value is -5.20. The van der Waals surface area contributed by atoms with Crippen molar-refractivity contribution in [3.63, 3.8) is 0 Å². The molecule has 2 bridgehead atoms. The molecule has 8 rings (SSSR count). The molecule has 1 fully saturated rings. The number of carbonyl (C=O) groups is 3. The van der Waals surface area contributed by atoms with Gasteiger partial charge in [-0.2, -0.15) is 4.99 Å². The molecule has 7 atom stereocenters. The molecule has 5 aliphatic rings. The third-order valence-electron chi connectivity index (χ3n) is 9.86. The fourth-order valence-corrected chi connectivity index (χ4v) is 7.31. The number of benzene rings is 3. The van der Waals surface area contributed by atoms with Gasteiger partial charge in [-0.25, -0.2) is 9.89 Å². The number of carbonyl (C=O) groups excluding carboxylic acids is 3. The number of amidine groups is 1. The van der Waals surface area contributed by atoms with Crippen LogP contribution in [0, 0.1) is 5.41 Å². The summed E-state index contributed by atoms with van der Waals surface area (Å²) in [7, 11) is 0. The van der Waals surface area contributed by atoms with E-state index in [1.165, 1.54) is 24.3 Å². The highest BCUT2D eigenvalue weighted by Crippen LogP contribution is 2.48. The fraction of sp³-hybridized carbons (Fsp3) is 0.314.